The van der Waals surface area contributed by atoms with Gasteiger partial charge >= 0.3 is 6.18 Å². The van der Waals surface area contributed by atoms with Crippen LogP contribution in [0.1, 0.15) is 18.4 Å². The molecule has 1 aliphatic rings. The van der Waals surface area contributed by atoms with Gasteiger partial charge in [-0.2, -0.15) is 17.5 Å². The van der Waals surface area contributed by atoms with Crippen molar-refractivity contribution in [2.45, 2.75) is 30.0 Å². The highest BCUT2D eigenvalue weighted by Gasteiger charge is 2.37. The molecule has 1 fully saturated rings. The van der Waals surface area contributed by atoms with Crippen molar-refractivity contribution in [1.82, 2.24) is 4.31 Å². The molecule has 0 amide bonds. The molecule has 2 rings (SSSR count). The zero-order valence-electron chi connectivity index (χ0n) is 11.7. The topological polar surface area (TPSA) is 46.6 Å². The van der Waals surface area contributed by atoms with Crippen LogP contribution in [-0.2, 0) is 20.9 Å². The van der Waals surface area contributed by atoms with Gasteiger partial charge in [0, 0.05) is 20.2 Å². The number of rotatable bonds is 3. The molecule has 0 spiro atoms. The predicted octanol–water partition coefficient (Wildman–Crippen LogP) is 2.64. The van der Waals surface area contributed by atoms with E-state index in [1.807, 2.05) is 0 Å². The Hall–Kier alpha value is -1.19. The third-order valence-electron chi connectivity index (χ3n) is 3.62. The van der Waals surface area contributed by atoms with E-state index in [0.29, 0.717) is 25.0 Å². The Morgan fingerprint density at radius 3 is 2.32 bits per heavy atom. The smallest absolute Gasteiger partial charge is 0.381 e. The summed E-state index contributed by atoms with van der Waals surface area (Å²) in [5.41, 5.74) is -1.58. The molecule has 1 aliphatic heterocycles. The number of benzene rings is 1. The number of hydrogen-bond donors (Lipinski definition) is 0. The molecule has 0 aliphatic carbocycles. The fourth-order valence-corrected chi connectivity index (χ4v) is 3.84. The molecule has 1 aromatic carbocycles. The van der Waals surface area contributed by atoms with Crippen molar-refractivity contribution < 1.29 is 30.7 Å². The van der Waals surface area contributed by atoms with E-state index in [0.717, 1.165) is 10.4 Å². The van der Waals surface area contributed by atoms with E-state index >= 15 is 0 Å². The van der Waals surface area contributed by atoms with Gasteiger partial charge in [0.2, 0.25) is 10.0 Å². The third-order valence-corrected chi connectivity index (χ3v) is 5.51. The number of alkyl halides is 3. The van der Waals surface area contributed by atoms with Crippen LogP contribution in [0.2, 0.25) is 0 Å². The average Bonchev–Trinajstić information content (AvgIpc) is 2.46. The molecular weight excluding hydrogens is 326 g/mol. The molecule has 1 aromatic rings. The Balaban J connectivity index is 2.31. The van der Waals surface area contributed by atoms with E-state index in [1.54, 1.807) is 0 Å². The minimum Gasteiger partial charge on any atom is -0.381 e. The van der Waals surface area contributed by atoms with Crippen LogP contribution >= 0.6 is 0 Å². The van der Waals surface area contributed by atoms with Crippen LogP contribution in [-0.4, -0.2) is 39.0 Å². The van der Waals surface area contributed by atoms with Crippen LogP contribution in [0.25, 0.3) is 0 Å². The molecular formula is C13H15F4NO3S. The SMILES string of the molecule is COC1CCN(S(=O)(=O)c2ccc(F)c(C(F)(F)F)c2)CC1. The van der Waals surface area contributed by atoms with E-state index in [4.69, 9.17) is 4.74 Å². The third kappa shape index (κ3) is 3.41. The molecule has 1 saturated heterocycles. The summed E-state index contributed by atoms with van der Waals surface area (Å²) in [6.07, 6.45) is -4.09. The fraction of sp³-hybridized carbons (Fsp3) is 0.538. The molecule has 1 heterocycles. The molecule has 0 bridgehead atoms. The number of hydrogen-bond acceptors (Lipinski definition) is 3. The second kappa shape index (κ2) is 6.13. The monoisotopic (exact) mass is 341 g/mol. The summed E-state index contributed by atoms with van der Waals surface area (Å²) in [6.45, 7) is 0.305. The molecule has 0 aromatic heterocycles. The second-order valence-corrected chi connectivity index (χ2v) is 6.92. The largest absolute Gasteiger partial charge is 0.419 e. The van der Waals surface area contributed by atoms with Crippen LogP contribution in [0.4, 0.5) is 17.6 Å². The lowest BCUT2D eigenvalue weighted by Crippen LogP contribution is -2.40. The van der Waals surface area contributed by atoms with Gasteiger partial charge in [-0.25, -0.2) is 12.8 Å². The molecule has 22 heavy (non-hydrogen) atoms. The molecule has 0 atom stereocenters. The highest BCUT2D eigenvalue weighted by molar-refractivity contribution is 7.89. The summed E-state index contributed by atoms with van der Waals surface area (Å²) in [4.78, 5) is -0.558. The summed E-state index contributed by atoms with van der Waals surface area (Å²) in [5, 5.41) is 0. The summed E-state index contributed by atoms with van der Waals surface area (Å²) in [6, 6.07) is 1.72. The van der Waals surface area contributed by atoms with Crippen LogP contribution in [0.5, 0.6) is 0 Å². The summed E-state index contributed by atoms with van der Waals surface area (Å²) < 4.78 is 82.3. The Labute approximate surface area is 125 Å². The van der Waals surface area contributed by atoms with E-state index in [9.17, 15) is 26.0 Å². The Bertz CT molecular complexity index is 637. The first-order chi connectivity index (χ1) is 10.2. The highest BCUT2D eigenvalue weighted by Crippen LogP contribution is 2.33. The molecule has 0 saturated carbocycles. The summed E-state index contributed by atoms with van der Waals surface area (Å²) in [7, 11) is -2.56. The number of ether oxygens (including phenoxy) is 1. The first-order valence-electron chi connectivity index (χ1n) is 6.56. The van der Waals surface area contributed by atoms with Crippen LogP contribution in [0, 0.1) is 5.82 Å². The molecule has 124 valence electrons. The number of piperidine rings is 1. The Kier molecular flexibility index (Phi) is 4.78. The van der Waals surface area contributed by atoms with E-state index in [1.165, 1.54) is 7.11 Å². The maximum absolute atomic E-state index is 13.2. The normalized spacial score (nSPS) is 18.6. The van der Waals surface area contributed by atoms with Crippen molar-refractivity contribution in [3.8, 4) is 0 Å². The number of sulfonamides is 1. The van der Waals surface area contributed by atoms with Crippen LogP contribution < -0.4 is 0 Å². The number of methoxy groups -OCH3 is 1. The fourth-order valence-electron chi connectivity index (χ4n) is 2.34. The first-order valence-corrected chi connectivity index (χ1v) is 8.00. The van der Waals surface area contributed by atoms with Gasteiger partial charge < -0.3 is 4.74 Å². The Morgan fingerprint density at radius 2 is 1.82 bits per heavy atom. The first kappa shape index (κ1) is 17.2. The lowest BCUT2D eigenvalue weighted by Gasteiger charge is -2.30. The van der Waals surface area contributed by atoms with Gasteiger partial charge in [-0.1, -0.05) is 0 Å². The van der Waals surface area contributed by atoms with Crippen LogP contribution in [0.15, 0.2) is 23.1 Å². The minimum absolute atomic E-state index is 0.0644. The van der Waals surface area contributed by atoms with Gasteiger partial charge in [0.05, 0.1) is 16.6 Å². The quantitative estimate of drug-likeness (QED) is 0.794. The van der Waals surface area contributed by atoms with Gasteiger partial charge in [-0.05, 0) is 31.0 Å². The number of nitrogens with zero attached hydrogens (tertiary/aromatic N) is 1. The minimum atomic E-state index is -4.95. The highest BCUT2D eigenvalue weighted by atomic mass is 32.2. The van der Waals surface area contributed by atoms with Gasteiger partial charge in [0.15, 0.2) is 0 Å². The van der Waals surface area contributed by atoms with Gasteiger partial charge in [0.1, 0.15) is 5.82 Å². The molecule has 0 radical (unpaired) electrons. The lowest BCUT2D eigenvalue weighted by atomic mass is 10.1. The zero-order valence-corrected chi connectivity index (χ0v) is 12.5. The standard InChI is InChI=1S/C13H15F4NO3S/c1-21-9-4-6-18(7-5-9)22(19,20)10-2-3-12(14)11(8-10)13(15,16)17/h2-3,8-9H,4-7H2,1H3. The lowest BCUT2D eigenvalue weighted by molar-refractivity contribution is -0.140. The summed E-state index contributed by atoms with van der Waals surface area (Å²) >= 11 is 0. The maximum atomic E-state index is 13.2. The van der Waals surface area contributed by atoms with Gasteiger partial charge in [-0.3, -0.25) is 0 Å². The van der Waals surface area contributed by atoms with Crippen molar-refractivity contribution in [3.63, 3.8) is 0 Å². The van der Waals surface area contributed by atoms with Crippen molar-refractivity contribution in [1.29, 1.82) is 0 Å². The average molecular weight is 341 g/mol. The van der Waals surface area contributed by atoms with E-state index in [2.05, 4.69) is 0 Å². The van der Waals surface area contributed by atoms with Gasteiger partial charge in [-0.15, -0.1) is 0 Å². The number of halogens is 4. The van der Waals surface area contributed by atoms with Crippen molar-refractivity contribution in [3.05, 3.63) is 29.6 Å². The maximum Gasteiger partial charge on any atom is 0.419 e. The van der Waals surface area contributed by atoms with Gasteiger partial charge in [0.25, 0.3) is 0 Å². The van der Waals surface area contributed by atoms with E-state index < -0.39 is 32.5 Å². The molecule has 9 heteroatoms. The summed E-state index contributed by atoms with van der Waals surface area (Å²) in [5.74, 6) is -1.50. The molecule has 0 N–H and O–H groups in total. The Morgan fingerprint density at radius 1 is 1.23 bits per heavy atom. The van der Waals surface area contributed by atoms with Crippen LogP contribution in [0.3, 0.4) is 0 Å². The van der Waals surface area contributed by atoms with E-state index in [-0.39, 0.29) is 19.2 Å². The van der Waals surface area contributed by atoms with Crippen molar-refractivity contribution >= 4 is 10.0 Å². The predicted molar refractivity (Wildman–Crippen MR) is 70.2 cm³/mol. The molecule has 0 unspecified atom stereocenters. The van der Waals surface area contributed by atoms with Crippen molar-refractivity contribution in [2.24, 2.45) is 0 Å². The van der Waals surface area contributed by atoms with Crippen molar-refractivity contribution in [2.75, 3.05) is 20.2 Å². The molecule has 4 nitrogen and oxygen atoms in total. The zero-order chi connectivity index (χ0) is 16.5. The second-order valence-electron chi connectivity index (χ2n) is 4.98.